The number of hydrogen-bond donors (Lipinski definition) is 1. The van der Waals surface area contributed by atoms with Crippen LogP contribution in [-0.4, -0.2) is 18.4 Å². The third-order valence-corrected chi connectivity index (χ3v) is 4.09. The van der Waals surface area contributed by atoms with Gasteiger partial charge in [0.1, 0.15) is 5.75 Å². The van der Waals surface area contributed by atoms with E-state index < -0.39 is 6.61 Å². The first-order valence-electron chi connectivity index (χ1n) is 7.95. The van der Waals surface area contributed by atoms with Gasteiger partial charge in [0.2, 0.25) is 0 Å². The Labute approximate surface area is 139 Å². The number of hydrogen-bond acceptors (Lipinski definition) is 3. The van der Waals surface area contributed by atoms with Crippen molar-refractivity contribution >= 4 is 11.5 Å². The minimum Gasteiger partial charge on any atom is -0.435 e. The van der Waals surface area contributed by atoms with E-state index in [2.05, 4.69) is 10.1 Å². The van der Waals surface area contributed by atoms with Crippen LogP contribution < -0.4 is 10.1 Å². The van der Waals surface area contributed by atoms with Crippen molar-refractivity contribution in [1.29, 1.82) is 0 Å². The number of ketones is 1. The monoisotopic (exact) mass is 331 g/mol. The zero-order valence-corrected chi connectivity index (χ0v) is 13.3. The molecule has 0 aromatic heterocycles. The molecule has 0 spiro atoms. The Morgan fingerprint density at radius 1 is 1.17 bits per heavy atom. The lowest BCUT2D eigenvalue weighted by Crippen LogP contribution is -2.31. The predicted octanol–water partition coefficient (Wildman–Crippen LogP) is 4.67. The van der Waals surface area contributed by atoms with Gasteiger partial charge in [0.05, 0.1) is 6.04 Å². The fourth-order valence-electron chi connectivity index (χ4n) is 2.66. The highest BCUT2D eigenvalue weighted by Crippen LogP contribution is 2.36. The zero-order chi connectivity index (χ0) is 17.1. The Hall–Kier alpha value is -2.43. The molecule has 0 bridgehead atoms. The lowest BCUT2D eigenvalue weighted by Gasteiger charge is -2.19. The molecule has 0 radical (unpaired) electrons. The molecule has 24 heavy (non-hydrogen) atoms. The normalized spacial score (nSPS) is 15.2. The summed E-state index contributed by atoms with van der Waals surface area (Å²) in [5.41, 5.74) is 2.40. The minimum atomic E-state index is -2.90. The van der Waals surface area contributed by atoms with E-state index in [1.54, 1.807) is 12.1 Å². The Kier molecular flexibility index (Phi) is 4.79. The van der Waals surface area contributed by atoms with Gasteiger partial charge in [-0.25, -0.2) is 0 Å². The third kappa shape index (κ3) is 4.10. The molecule has 126 valence electrons. The van der Waals surface area contributed by atoms with Gasteiger partial charge in [-0.3, -0.25) is 4.79 Å². The number of ether oxygens (including phenoxy) is 1. The molecular weight excluding hydrogens is 312 g/mol. The molecule has 1 aliphatic carbocycles. The van der Waals surface area contributed by atoms with Crippen molar-refractivity contribution in [2.75, 3.05) is 5.32 Å². The smallest absolute Gasteiger partial charge is 0.387 e. The largest absolute Gasteiger partial charge is 0.435 e. The fraction of sp³-hybridized carbons (Fsp3) is 0.316. The third-order valence-electron chi connectivity index (χ3n) is 4.09. The number of benzene rings is 2. The summed E-state index contributed by atoms with van der Waals surface area (Å²) in [7, 11) is 0. The lowest BCUT2D eigenvalue weighted by molar-refractivity contribution is -0.0498. The van der Waals surface area contributed by atoms with E-state index in [1.165, 1.54) is 12.1 Å². The van der Waals surface area contributed by atoms with Gasteiger partial charge in [0.15, 0.2) is 5.78 Å². The van der Waals surface area contributed by atoms with E-state index in [0.717, 1.165) is 24.1 Å². The molecule has 0 saturated heterocycles. The van der Waals surface area contributed by atoms with Crippen molar-refractivity contribution < 1.29 is 18.3 Å². The van der Waals surface area contributed by atoms with Crippen molar-refractivity contribution in [3.8, 4) is 5.75 Å². The maximum absolute atomic E-state index is 12.8. The summed E-state index contributed by atoms with van der Waals surface area (Å²) >= 11 is 0. The summed E-state index contributed by atoms with van der Waals surface area (Å²) in [6.45, 7) is -0.901. The van der Waals surface area contributed by atoms with E-state index in [1.807, 2.05) is 31.2 Å². The number of nitrogens with one attached hydrogen (secondary N) is 1. The number of rotatable bonds is 7. The second-order valence-electron chi connectivity index (χ2n) is 6.10. The molecule has 0 aliphatic heterocycles. The van der Waals surface area contributed by atoms with Crippen molar-refractivity contribution in [2.45, 2.75) is 32.4 Å². The van der Waals surface area contributed by atoms with Crippen molar-refractivity contribution in [2.24, 2.45) is 5.92 Å². The molecule has 2 aromatic rings. The molecule has 1 unspecified atom stereocenters. The van der Waals surface area contributed by atoms with E-state index in [4.69, 9.17) is 0 Å². The topological polar surface area (TPSA) is 38.3 Å². The first-order valence-corrected chi connectivity index (χ1v) is 7.95. The number of Topliss-reactive ketones (excluding diaryl/α,β-unsaturated/α-hetero) is 1. The highest BCUT2D eigenvalue weighted by molar-refractivity contribution is 6.02. The van der Waals surface area contributed by atoms with E-state index in [-0.39, 0.29) is 23.5 Å². The molecule has 3 rings (SSSR count). The SMILES string of the molecule is Cc1ccc(NC(C(=O)c2cccc(OC(F)F)c2)C2CC2)cc1. The second-order valence-corrected chi connectivity index (χ2v) is 6.10. The molecule has 5 heteroatoms. The molecule has 2 aromatic carbocycles. The maximum atomic E-state index is 12.8. The standard InChI is InChI=1S/C19H19F2NO2/c1-12-5-9-15(10-6-12)22-17(13-7-8-13)18(23)14-3-2-4-16(11-14)24-19(20)21/h2-6,9-11,13,17,19,22H,7-8H2,1H3. The van der Waals surface area contributed by atoms with Crippen LogP contribution in [0, 0.1) is 12.8 Å². The van der Waals surface area contributed by atoms with E-state index >= 15 is 0 Å². The molecule has 0 amide bonds. The number of carbonyl (C=O) groups excluding carboxylic acids is 1. The molecule has 1 N–H and O–H groups in total. The van der Waals surface area contributed by atoms with Gasteiger partial charge in [-0.1, -0.05) is 29.8 Å². The van der Waals surface area contributed by atoms with Gasteiger partial charge in [0, 0.05) is 11.3 Å². The van der Waals surface area contributed by atoms with Crippen molar-refractivity contribution in [1.82, 2.24) is 0 Å². The van der Waals surface area contributed by atoms with Crippen LogP contribution in [0.1, 0.15) is 28.8 Å². The zero-order valence-electron chi connectivity index (χ0n) is 13.3. The maximum Gasteiger partial charge on any atom is 0.387 e. The van der Waals surface area contributed by atoms with Gasteiger partial charge in [0.25, 0.3) is 0 Å². The van der Waals surface area contributed by atoms with Gasteiger partial charge < -0.3 is 10.1 Å². The van der Waals surface area contributed by atoms with Crippen LogP contribution in [0.4, 0.5) is 14.5 Å². The van der Waals surface area contributed by atoms with E-state index in [9.17, 15) is 13.6 Å². The van der Waals surface area contributed by atoms with Gasteiger partial charge in [-0.15, -0.1) is 0 Å². The molecule has 1 fully saturated rings. The summed E-state index contributed by atoms with van der Waals surface area (Å²) in [6, 6.07) is 13.5. The quantitative estimate of drug-likeness (QED) is 0.749. The molecule has 3 nitrogen and oxygen atoms in total. The predicted molar refractivity (Wildman–Crippen MR) is 88.7 cm³/mol. The minimum absolute atomic E-state index is 0.000679. The number of alkyl halides is 2. The average molecular weight is 331 g/mol. The first kappa shape index (κ1) is 16.4. The summed E-state index contributed by atoms with van der Waals surface area (Å²) in [5.74, 6) is 0.178. The Morgan fingerprint density at radius 3 is 2.50 bits per heavy atom. The fourth-order valence-corrected chi connectivity index (χ4v) is 2.66. The molecule has 1 aliphatic rings. The summed E-state index contributed by atoms with van der Waals surface area (Å²) in [6.07, 6.45) is 1.98. The van der Waals surface area contributed by atoms with Crippen molar-refractivity contribution in [3.63, 3.8) is 0 Å². The molecular formula is C19H19F2NO2. The van der Waals surface area contributed by atoms with Crippen molar-refractivity contribution in [3.05, 3.63) is 59.7 Å². The van der Waals surface area contributed by atoms with Gasteiger partial charge in [-0.05, 0) is 49.9 Å². The number of aryl methyl sites for hydroxylation is 1. The van der Waals surface area contributed by atoms with E-state index in [0.29, 0.717) is 5.56 Å². The number of carbonyl (C=O) groups is 1. The highest BCUT2D eigenvalue weighted by atomic mass is 19.3. The van der Waals surface area contributed by atoms with Gasteiger partial charge >= 0.3 is 6.61 Å². The Morgan fingerprint density at radius 2 is 1.88 bits per heavy atom. The summed E-state index contributed by atoms with van der Waals surface area (Å²) < 4.78 is 29.1. The molecule has 1 atom stereocenters. The second kappa shape index (κ2) is 6.99. The first-order chi connectivity index (χ1) is 11.5. The summed E-state index contributed by atoms with van der Waals surface area (Å²) in [5, 5.41) is 3.29. The van der Waals surface area contributed by atoms with Crippen LogP contribution in [0.25, 0.3) is 0 Å². The van der Waals surface area contributed by atoms with Crippen LogP contribution in [0.5, 0.6) is 5.75 Å². The Bertz CT molecular complexity index is 712. The highest BCUT2D eigenvalue weighted by Gasteiger charge is 2.36. The van der Waals surface area contributed by atoms with Gasteiger partial charge in [-0.2, -0.15) is 8.78 Å². The molecule has 0 heterocycles. The van der Waals surface area contributed by atoms with Crippen LogP contribution in [0.15, 0.2) is 48.5 Å². The number of halogens is 2. The number of anilines is 1. The lowest BCUT2D eigenvalue weighted by atomic mass is 9.99. The van der Waals surface area contributed by atoms with Crippen LogP contribution in [-0.2, 0) is 0 Å². The van der Waals surface area contributed by atoms with Crippen LogP contribution in [0.2, 0.25) is 0 Å². The summed E-state index contributed by atoms with van der Waals surface area (Å²) in [4.78, 5) is 12.8. The van der Waals surface area contributed by atoms with Crippen LogP contribution >= 0.6 is 0 Å². The van der Waals surface area contributed by atoms with Crippen LogP contribution in [0.3, 0.4) is 0 Å². The average Bonchev–Trinajstić information content (AvgIpc) is 3.38. The molecule has 1 saturated carbocycles. The Balaban J connectivity index is 1.78.